The van der Waals surface area contributed by atoms with Gasteiger partial charge in [0.25, 0.3) is 0 Å². The minimum Gasteiger partial charge on any atom is -0.353 e. The van der Waals surface area contributed by atoms with E-state index < -0.39 is 0 Å². The SMILES string of the molecule is CCC(C)(CC)C(=O)NC1CCCCC1. The molecule has 0 saturated heterocycles. The molecule has 0 aromatic heterocycles. The van der Waals surface area contributed by atoms with E-state index in [0.717, 1.165) is 12.8 Å². The van der Waals surface area contributed by atoms with Crippen molar-refractivity contribution in [1.82, 2.24) is 5.32 Å². The Hall–Kier alpha value is -0.530. The van der Waals surface area contributed by atoms with Crippen LogP contribution < -0.4 is 5.32 Å². The third-order valence-corrected chi connectivity index (χ3v) is 4.05. The van der Waals surface area contributed by atoms with E-state index in [-0.39, 0.29) is 11.3 Å². The van der Waals surface area contributed by atoms with Crippen molar-refractivity contribution in [2.75, 3.05) is 0 Å². The largest absolute Gasteiger partial charge is 0.353 e. The van der Waals surface area contributed by atoms with Crippen LogP contribution >= 0.6 is 0 Å². The minimum absolute atomic E-state index is 0.155. The first-order chi connectivity index (χ1) is 7.12. The fourth-order valence-electron chi connectivity index (χ4n) is 2.18. The Morgan fingerprint density at radius 3 is 2.20 bits per heavy atom. The summed E-state index contributed by atoms with van der Waals surface area (Å²) in [5.74, 6) is 0.263. The van der Waals surface area contributed by atoms with Crippen LogP contribution in [-0.2, 0) is 4.79 Å². The van der Waals surface area contributed by atoms with Gasteiger partial charge in [-0.05, 0) is 25.7 Å². The average molecular weight is 211 g/mol. The Balaban J connectivity index is 2.45. The molecule has 0 atom stereocenters. The highest BCUT2D eigenvalue weighted by molar-refractivity contribution is 5.82. The summed E-state index contributed by atoms with van der Waals surface area (Å²) >= 11 is 0. The number of nitrogens with one attached hydrogen (secondary N) is 1. The zero-order valence-electron chi connectivity index (χ0n) is 10.4. The molecule has 0 aromatic carbocycles. The van der Waals surface area contributed by atoms with Crippen LogP contribution in [0.4, 0.5) is 0 Å². The molecule has 0 aromatic rings. The molecule has 1 aliphatic carbocycles. The normalized spacial score (nSPS) is 18.9. The van der Waals surface area contributed by atoms with Gasteiger partial charge in [-0.15, -0.1) is 0 Å². The van der Waals surface area contributed by atoms with Gasteiger partial charge in [-0.3, -0.25) is 4.79 Å². The second-order valence-electron chi connectivity index (χ2n) is 5.08. The lowest BCUT2D eigenvalue weighted by Gasteiger charge is -2.30. The van der Waals surface area contributed by atoms with Crippen molar-refractivity contribution in [1.29, 1.82) is 0 Å². The predicted molar refractivity (Wildman–Crippen MR) is 63.7 cm³/mol. The average Bonchev–Trinajstić information content (AvgIpc) is 2.29. The number of carbonyl (C=O) groups is 1. The minimum atomic E-state index is -0.155. The van der Waals surface area contributed by atoms with Crippen molar-refractivity contribution in [2.24, 2.45) is 5.41 Å². The van der Waals surface area contributed by atoms with E-state index in [1.165, 1.54) is 32.1 Å². The molecule has 1 amide bonds. The molecule has 15 heavy (non-hydrogen) atoms. The van der Waals surface area contributed by atoms with Gasteiger partial charge in [0, 0.05) is 11.5 Å². The number of amides is 1. The number of hydrogen-bond acceptors (Lipinski definition) is 1. The molecule has 0 bridgehead atoms. The quantitative estimate of drug-likeness (QED) is 0.759. The zero-order chi connectivity index (χ0) is 11.3. The van der Waals surface area contributed by atoms with E-state index in [2.05, 4.69) is 26.1 Å². The lowest BCUT2D eigenvalue weighted by Crippen LogP contribution is -2.44. The lowest BCUT2D eigenvalue weighted by molar-refractivity contribution is -0.131. The van der Waals surface area contributed by atoms with E-state index in [0.29, 0.717) is 6.04 Å². The van der Waals surface area contributed by atoms with E-state index in [4.69, 9.17) is 0 Å². The maximum Gasteiger partial charge on any atom is 0.226 e. The van der Waals surface area contributed by atoms with E-state index >= 15 is 0 Å². The van der Waals surface area contributed by atoms with Gasteiger partial charge in [0.15, 0.2) is 0 Å². The molecule has 1 rings (SSSR count). The molecule has 0 aliphatic heterocycles. The molecule has 0 radical (unpaired) electrons. The predicted octanol–water partition coefficient (Wildman–Crippen LogP) is 3.26. The van der Waals surface area contributed by atoms with Crippen LogP contribution in [0.2, 0.25) is 0 Å². The van der Waals surface area contributed by atoms with Gasteiger partial charge < -0.3 is 5.32 Å². The van der Waals surface area contributed by atoms with Gasteiger partial charge in [-0.25, -0.2) is 0 Å². The molecule has 2 nitrogen and oxygen atoms in total. The van der Waals surface area contributed by atoms with Crippen LogP contribution in [0.1, 0.15) is 65.7 Å². The summed E-state index contributed by atoms with van der Waals surface area (Å²) in [5.41, 5.74) is -0.155. The zero-order valence-corrected chi connectivity index (χ0v) is 10.4. The van der Waals surface area contributed by atoms with Gasteiger partial charge in [-0.1, -0.05) is 40.0 Å². The van der Waals surface area contributed by atoms with Gasteiger partial charge in [-0.2, -0.15) is 0 Å². The molecule has 1 N–H and O–H groups in total. The molecular weight excluding hydrogens is 186 g/mol. The highest BCUT2D eigenvalue weighted by Crippen LogP contribution is 2.27. The third-order valence-electron chi connectivity index (χ3n) is 4.05. The second-order valence-corrected chi connectivity index (χ2v) is 5.08. The molecule has 88 valence electrons. The van der Waals surface area contributed by atoms with Crippen molar-refractivity contribution in [3.05, 3.63) is 0 Å². The topological polar surface area (TPSA) is 29.1 Å². The van der Waals surface area contributed by atoms with Crippen LogP contribution in [0.5, 0.6) is 0 Å². The summed E-state index contributed by atoms with van der Waals surface area (Å²) in [7, 11) is 0. The molecule has 1 saturated carbocycles. The summed E-state index contributed by atoms with van der Waals surface area (Å²) in [5, 5.41) is 3.22. The lowest BCUT2D eigenvalue weighted by atomic mass is 9.83. The van der Waals surface area contributed by atoms with Gasteiger partial charge in [0.2, 0.25) is 5.91 Å². The van der Waals surface area contributed by atoms with Gasteiger partial charge in [0.1, 0.15) is 0 Å². The first-order valence-corrected chi connectivity index (χ1v) is 6.43. The molecular formula is C13H25NO. The van der Waals surface area contributed by atoms with Crippen LogP contribution in [0.15, 0.2) is 0 Å². The molecule has 0 spiro atoms. The summed E-state index contributed by atoms with van der Waals surface area (Å²) in [4.78, 5) is 12.1. The Morgan fingerprint density at radius 1 is 1.20 bits per heavy atom. The van der Waals surface area contributed by atoms with Crippen molar-refractivity contribution >= 4 is 5.91 Å². The van der Waals surface area contributed by atoms with Crippen molar-refractivity contribution in [3.8, 4) is 0 Å². The molecule has 2 heteroatoms. The van der Waals surface area contributed by atoms with Crippen LogP contribution in [0.25, 0.3) is 0 Å². The summed E-state index contributed by atoms with van der Waals surface area (Å²) in [6.45, 7) is 6.28. The first-order valence-electron chi connectivity index (χ1n) is 6.43. The molecule has 0 unspecified atom stereocenters. The Kier molecular flexibility index (Phi) is 4.62. The van der Waals surface area contributed by atoms with Crippen LogP contribution in [0.3, 0.4) is 0 Å². The van der Waals surface area contributed by atoms with Crippen molar-refractivity contribution in [3.63, 3.8) is 0 Å². The standard InChI is InChI=1S/C13H25NO/c1-4-13(3,5-2)12(15)14-11-9-7-6-8-10-11/h11H,4-10H2,1-3H3,(H,14,15). The van der Waals surface area contributed by atoms with E-state index in [1.807, 2.05) is 0 Å². The number of hydrogen-bond donors (Lipinski definition) is 1. The maximum atomic E-state index is 12.1. The smallest absolute Gasteiger partial charge is 0.226 e. The second kappa shape index (κ2) is 5.53. The summed E-state index contributed by atoms with van der Waals surface area (Å²) < 4.78 is 0. The van der Waals surface area contributed by atoms with Crippen LogP contribution in [-0.4, -0.2) is 11.9 Å². The van der Waals surface area contributed by atoms with E-state index in [1.54, 1.807) is 0 Å². The Morgan fingerprint density at radius 2 is 1.73 bits per heavy atom. The van der Waals surface area contributed by atoms with Gasteiger partial charge >= 0.3 is 0 Å². The Labute approximate surface area is 93.8 Å². The molecule has 0 heterocycles. The number of rotatable bonds is 4. The van der Waals surface area contributed by atoms with Crippen molar-refractivity contribution in [2.45, 2.75) is 71.8 Å². The first kappa shape index (κ1) is 12.5. The van der Waals surface area contributed by atoms with Crippen molar-refractivity contribution < 1.29 is 4.79 Å². The molecule has 1 fully saturated rings. The monoisotopic (exact) mass is 211 g/mol. The highest BCUT2D eigenvalue weighted by Gasteiger charge is 2.30. The molecule has 1 aliphatic rings. The Bertz CT molecular complexity index is 203. The fraction of sp³-hybridized carbons (Fsp3) is 0.923. The third kappa shape index (κ3) is 3.22. The number of carbonyl (C=O) groups excluding carboxylic acids is 1. The summed E-state index contributed by atoms with van der Waals surface area (Å²) in [6.07, 6.45) is 8.11. The van der Waals surface area contributed by atoms with Crippen LogP contribution in [0, 0.1) is 5.41 Å². The highest BCUT2D eigenvalue weighted by atomic mass is 16.2. The summed E-state index contributed by atoms with van der Waals surface area (Å²) in [6, 6.07) is 0.448. The maximum absolute atomic E-state index is 12.1. The fourth-order valence-corrected chi connectivity index (χ4v) is 2.18. The van der Waals surface area contributed by atoms with Gasteiger partial charge in [0.05, 0.1) is 0 Å². The van der Waals surface area contributed by atoms with E-state index in [9.17, 15) is 4.79 Å².